The van der Waals surface area contributed by atoms with E-state index in [9.17, 15) is 8.78 Å². The van der Waals surface area contributed by atoms with Crippen molar-refractivity contribution in [1.29, 1.82) is 0 Å². The number of hydrogen-bond acceptors (Lipinski definition) is 2. The van der Waals surface area contributed by atoms with Crippen molar-refractivity contribution < 1.29 is 8.78 Å². The van der Waals surface area contributed by atoms with Gasteiger partial charge in [-0.25, -0.2) is 8.78 Å². The molecule has 2 rings (SSSR count). The molecule has 1 fully saturated rings. The first kappa shape index (κ1) is 10.8. The number of nitrogens with two attached hydrogens (primary N) is 1. The molecule has 0 amide bonds. The maximum Gasteiger partial charge on any atom is 0.250 e. The second-order valence-corrected chi connectivity index (χ2v) is 4.49. The van der Waals surface area contributed by atoms with Crippen LogP contribution in [0.25, 0.3) is 0 Å². The second kappa shape index (κ2) is 3.39. The molecule has 82 valence electrons. The lowest BCUT2D eigenvalue weighted by atomic mass is 9.64. The van der Waals surface area contributed by atoms with Gasteiger partial charge in [0.25, 0.3) is 0 Å². The lowest BCUT2D eigenvalue weighted by Gasteiger charge is -2.46. The SMILES string of the molecule is NCC1(c2cc(Cl)ccn2)CC(F)(F)C1. The van der Waals surface area contributed by atoms with Crippen LogP contribution in [0.4, 0.5) is 8.78 Å². The molecule has 1 aromatic rings. The zero-order valence-electron chi connectivity index (χ0n) is 8.01. The first-order valence-corrected chi connectivity index (χ1v) is 5.05. The van der Waals surface area contributed by atoms with Crippen LogP contribution in [-0.4, -0.2) is 17.5 Å². The topological polar surface area (TPSA) is 38.9 Å². The molecule has 15 heavy (non-hydrogen) atoms. The zero-order chi connectivity index (χ0) is 11.1. The monoisotopic (exact) mass is 232 g/mol. The summed E-state index contributed by atoms with van der Waals surface area (Å²) in [6.45, 7) is 0.177. The van der Waals surface area contributed by atoms with Crippen molar-refractivity contribution in [2.24, 2.45) is 5.73 Å². The van der Waals surface area contributed by atoms with Crippen LogP contribution in [0.1, 0.15) is 18.5 Å². The fourth-order valence-electron chi connectivity index (χ4n) is 2.06. The summed E-state index contributed by atoms with van der Waals surface area (Å²) in [7, 11) is 0. The van der Waals surface area contributed by atoms with Crippen LogP contribution in [-0.2, 0) is 5.41 Å². The Morgan fingerprint density at radius 2 is 2.13 bits per heavy atom. The predicted molar refractivity (Wildman–Crippen MR) is 54.2 cm³/mol. The highest BCUT2D eigenvalue weighted by Crippen LogP contribution is 2.52. The minimum atomic E-state index is -2.61. The highest BCUT2D eigenvalue weighted by Gasteiger charge is 2.57. The standard InChI is InChI=1S/C10H11ClF2N2/c11-7-1-2-15-8(3-7)9(6-14)4-10(12,13)5-9/h1-3H,4-6,14H2. The Kier molecular flexibility index (Phi) is 2.43. The zero-order valence-corrected chi connectivity index (χ0v) is 8.77. The molecule has 1 aliphatic rings. The second-order valence-electron chi connectivity index (χ2n) is 4.05. The molecule has 2 nitrogen and oxygen atoms in total. The Balaban J connectivity index is 2.29. The Bertz CT molecular complexity index is 373. The fourth-order valence-corrected chi connectivity index (χ4v) is 2.22. The normalized spacial score (nSPS) is 22.1. The van der Waals surface area contributed by atoms with Crippen molar-refractivity contribution in [3.63, 3.8) is 0 Å². The maximum absolute atomic E-state index is 12.9. The molecule has 0 atom stereocenters. The van der Waals surface area contributed by atoms with Gasteiger partial charge in [-0.15, -0.1) is 0 Å². The largest absolute Gasteiger partial charge is 0.330 e. The Labute approximate surface area is 91.4 Å². The number of rotatable bonds is 2. The molecule has 1 heterocycles. The van der Waals surface area contributed by atoms with Gasteiger partial charge in [-0.05, 0) is 12.1 Å². The van der Waals surface area contributed by atoms with E-state index < -0.39 is 11.3 Å². The summed E-state index contributed by atoms with van der Waals surface area (Å²) in [6, 6.07) is 3.23. The molecule has 0 saturated heterocycles. The molecule has 1 saturated carbocycles. The van der Waals surface area contributed by atoms with Gasteiger partial charge in [0.05, 0.1) is 0 Å². The van der Waals surface area contributed by atoms with E-state index in [4.69, 9.17) is 17.3 Å². The average molecular weight is 233 g/mol. The molecular formula is C10H11ClF2N2. The van der Waals surface area contributed by atoms with Crippen molar-refractivity contribution in [1.82, 2.24) is 4.98 Å². The van der Waals surface area contributed by atoms with E-state index >= 15 is 0 Å². The molecular weight excluding hydrogens is 222 g/mol. The third-order valence-electron chi connectivity index (χ3n) is 2.85. The predicted octanol–water partition coefficient (Wildman–Crippen LogP) is 2.36. The van der Waals surface area contributed by atoms with Gasteiger partial charge in [-0.1, -0.05) is 11.6 Å². The van der Waals surface area contributed by atoms with Crippen LogP contribution in [0.5, 0.6) is 0 Å². The third kappa shape index (κ3) is 1.84. The minimum Gasteiger partial charge on any atom is -0.330 e. The van der Waals surface area contributed by atoms with E-state index in [1.807, 2.05) is 0 Å². The number of nitrogens with zero attached hydrogens (tertiary/aromatic N) is 1. The first-order chi connectivity index (χ1) is 6.97. The number of pyridine rings is 1. The third-order valence-corrected chi connectivity index (χ3v) is 3.09. The van der Waals surface area contributed by atoms with Crippen LogP contribution in [0, 0.1) is 0 Å². The van der Waals surface area contributed by atoms with E-state index in [1.165, 1.54) is 6.20 Å². The Morgan fingerprint density at radius 3 is 2.60 bits per heavy atom. The van der Waals surface area contributed by atoms with E-state index in [0.717, 1.165) is 0 Å². The molecule has 5 heteroatoms. The van der Waals surface area contributed by atoms with Gasteiger partial charge in [0.15, 0.2) is 0 Å². The summed E-state index contributed by atoms with van der Waals surface area (Å²) >= 11 is 5.79. The van der Waals surface area contributed by atoms with E-state index in [0.29, 0.717) is 10.7 Å². The van der Waals surface area contributed by atoms with Crippen LogP contribution < -0.4 is 5.73 Å². The van der Waals surface area contributed by atoms with Crippen molar-refractivity contribution >= 4 is 11.6 Å². The van der Waals surface area contributed by atoms with Crippen LogP contribution in [0.15, 0.2) is 18.3 Å². The highest BCUT2D eigenvalue weighted by molar-refractivity contribution is 6.30. The van der Waals surface area contributed by atoms with E-state index in [-0.39, 0.29) is 19.4 Å². The molecule has 0 radical (unpaired) electrons. The molecule has 0 aromatic carbocycles. The number of halogens is 3. The number of hydrogen-bond donors (Lipinski definition) is 1. The quantitative estimate of drug-likeness (QED) is 0.850. The minimum absolute atomic E-state index is 0.177. The maximum atomic E-state index is 12.9. The lowest BCUT2D eigenvalue weighted by Crippen LogP contribution is -2.54. The summed E-state index contributed by atoms with van der Waals surface area (Å²) in [5.41, 5.74) is 5.44. The summed E-state index contributed by atoms with van der Waals surface area (Å²) in [5, 5.41) is 0.503. The Hall–Kier alpha value is -0.740. The van der Waals surface area contributed by atoms with Crippen molar-refractivity contribution in [2.75, 3.05) is 6.54 Å². The first-order valence-electron chi connectivity index (χ1n) is 4.67. The van der Waals surface area contributed by atoms with Gasteiger partial charge in [0.1, 0.15) is 0 Å². The van der Waals surface area contributed by atoms with Gasteiger partial charge < -0.3 is 5.73 Å². The molecule has 0 aliphatic heterocycles. The number of aromatic nitrogens is 1. The molecule has 1 aromatic heterocycles. The van der Waals surface area contributed by atoms with E-state index in [1.54, 1.807) is 12.1 Å². The summed E-state index contributed by atoms with van der Waals surface area (Å²) in [4.78, 5) is 4.07. The van der Waals surface area contributed by atoms with Gasteiger partial charge in [0, 0.05) is 41.7 Å². The average Bonchev–Trinajstić information content (AvgIpc) is 2.13. The molecule has 1 aliphatic carbocycles. The molecule has 0 bridgehead atoms. The van der Waals surface area contributed by atoms with Gasteiger partial charge >= 0.3 is 0 Å². The molecule has 2 N–H and O–H groups in total. The van der Waals surface area contributed by atoms with Crippen molar-refractivity contribution in [3.05, 3.63) is 29.0 Å². The summed E-state index contributed by atoms with van der Waals surface area (Å²) < 4.78 is 25.8. The molecule has 0 unspecified atom stereocenters. The number of alkyl halides is 2. The summed E-state index contributed by atoms with van der Waals surface area (Å²) in [6.07, 6.45) is 1.05. The fraction of sp³-hybridized carbons (Fsp3) is 0.500. The highest BCUT2D eigenvalue weighted by atomic mass is 35.5. The van der Waals surface area contributed by atoms with E-state index in [2.05, 4.69) is 4.98 Å². The summed E-state index contributed by atoms with van der Waals surface area (Å²) in [5.74, 6) is -2.61. The smallest absolute Gasteiger partial charge is 0.250 e. The lowest BCUT2D eigenvalue weighted by molar-refractivity contribution is -0.125. The van der Waals surface area contributed by atoms with Gasteiger partial charge in [0.2, 0.25) is 5.92 Å². The molecule has 0 spiro atoms. The van der Waals surface area contributed by atoms with Crippen LogP contribution in [0.2, 0.25) is 5.02 Å². The van der Waals surface area contributed by atoms with Gasteiger partial charge in [-0.2, -0.15) is 0 Å². The Morgan fingerprint density at radius 1 is 1.47 bits per heavy atom. The van der Waals surface area contributed by atoms with Crippen LogP contribution >= 0.6 is 11.6 Å². The van der Waals surface area contributed by atoms with Crippen molar-refractivity contribution in [3.8, 4) is 0 Å². The van der Waals surface area contributed by atoms with Gasteiger partial charge in [-0.3, -0.25) is 4.98 Å². The van der Waals surface area contributed by atoms with Crippen molar-refractivity contribution in [2.45, 2.75) is 24.2 Å². The van der Waals surface area contributed by atoms with Crippen LogP contribution in [0.3, 0.4) is 0 Å².